The highest BCUT2D eigenvalue weighted by atomic mass is 32.1. The van der Waals surface area contributed by atoms with Crippen LogP contribution in [0.15, 0.2) is 24.3 Å². The molecule has 0 bridgehead atoms. The van der Waals surface area contributed by atoms with E-state index in [4.69, 9.17) is 14.2 Å². The molecule has 0 atom stereocenters. The van der Waals surface area contributed by atoms with Crippen LogP contribution in [0.2, 0.25) is 0 Å². The van der Waals surface area contributed by atoms with Gasteiger partial charge in [0, 0.05) is 25.0 Å². The summed E-state index contributed by atoms with van der Waals surface area (Å²) in [4.78, 5) is 19.9. The molecule has 0 unspecified atom stereocenters. The molecule has 0 saturated carbocycles. The number of methoxy groups -OCH3 is 2. The van der Waals surface area contributed by atoms with Gasteiger partial charge in [-0.25, -0.2) is 4.98 Å². The van der Waals surface area contributed by atoms with Crippen molar-refractivity contribution in [3.63, 3.8) is 0 Å². The van der Waals surface area contributed by atoms with Crippen LogP contribution >= 0.6 is 11.3 Å². The average Bonchev–Trinajstić information content (AvgIpc) is 3.01. The molecule has 1 aromatic heterocycles. The van der Waals surface area contributed by atoms with E-state index in [0.29, 0.717) is 31.2 Å². The second-order valence-corrected chi connectivity index (χ2v) is 6.58. The SMILES string of the molecule is COCc1nc2c(s1)CN(C(=O)COc1ccccc1OC)CC2. The normalized spacial score (nSPS) is 13.5. The Morgan fingerprint density at radius 2 is 2.08 bits per heavy atom. The maximum absolute atomic E-state index is 12.4. The number of carbonyl (C=O) groups is 1. The molecule has 1 aliphatic heterocycles. The van der Waals surface area contributed by atoms with Crippen molar-refractivity contribution in [2.75, 3.05) is 27.4 Å². The zero-order valence-corrected chi connectivity index (χ0v) is 14.6. The molecular formula is C17H20N2O4S. The van der Waals surface area contributed by atoms with Crippen LogP contribution in [0, 0.1) is 0 Å². The molecule has 0 spiro atoms. The molecule has 0 fully saturated rings. The van der Waals surface area contributed by atoms with Gasteiger partial charge in [0.1, 0.15) is 5.01 Å². The van der Waals surface area contributed by atoms with Crippen molar-refractivity contribution in [2.45, 2.75) is 19.6 Å². The van der Waals surface area contributed by atoms with E-state index >= 15 is 0 Å². The summed E-state index contributed by atoms with van der Waals surface area (Å²) in [5, 5.41) is 0.960. The van der Waals surface area contributed by atoms with E-state index in [0.717, 1.165) is 22.0 Å². The minimum atomic E-state index is -0.0340. The summed E-state index contributed by atoms with van der Waals surface area (Å²) >= 11 is 1.61. The third-order valence-corrected chi connectivity index (χ3v) is 4.87. The van der Waals surface area contributed by atoms with Gasteiger partial charge >= 0.3 is 0 Å². The fraction of sp³-hybridized carbons (Fsp3) is 0.412. The van der Waals surface area contributed by atoms with Crippen molar-refractivity contribution in [2.24, 2.45) is 0 Å². The predicted octanol–water partition coefficient (Wildman–Crippen LogP) is 2.26. The molecule has 1 aromatic carbocycles. The Hall–Kier alpha value is -2.12. The maximum Gasteiger partial charge on any atom is 0.260 e. The number of aromatic nitrogens is 1. The lowest BCUT2D eigenvalue weighted by Crippen LogP contribution is -2.38. The number of ether oxygens (including phenoxy) is 3. The van der Waals surface area contributed by atoms with Crippen LogP contribution in [0.5, 0.6) is 11.5 Å². The standard InChI is InChI=1S/C17H20N2O4S/c1-21-10-16-18-12-7-8-19(9-15(12)24-16)17(20)11-23-14-6-4-3-5-13(14)22-2/h3-6H,7-11H2,1-2H3. The van der Waals surface area contributed by atoms with Gasteiger partial charge < -0.3 is 19.1 Å². The van der Waals surface area contributed by atoms with E-state index in [-0.39, 0.29) is 12.5 Å². The van der Waals surface area contributed by atoms with Crippen molar-refractivity contribution in [1.29, 1.82) is 0 Å². The second kappa shape index (κ2) is 7.63. The van der Waals surface area contributed by atoms with E-state index in [9.17, 15) is 4.79 Å². The first-order valence-electron chi connectivity index (χ1n) is 7.71. The number of thiazole rings is 1. The van der Waals surface area contributed by atoms with Gasteiger partial charge in [-0.3, -0.25) is 4.79 Å². The maximum atomic E-state index is 12.4. The molecule has 6 nitrogen and oxygen atoms in total. The van der Waals surface area contributed by atoms with E-state index in [1.807, 2.05) is 23.1 Å². The molecule has 0 N–H and O–H groups in total. The summed E-state index contributed by atoms with van der Waals surface area (Å²) in [6, 6.07) is 7.31. The first kappa shape index (κ1) is 16.7. The molecule has 0 saturated heterocycles. The van der Waals surface area contributed by atoms with Crippen molar-refractivity contribution in [1.82, 2.24) is 9.88 Å². The van der Waals surface area contributed by atoms with E-state index in [2.05, 4.69) is 4.98 Å². The Bertz CT molecular complexity index is 716. The minimum absolute atomic E-state index is 0.000557. The Morgan fingerprint density at radius 1 is 1.29 bits per heavy atom. The van der Waals surface area contributed by atoms with Gasteiger partial charge in [0.25, 0.3) is 5.91 Å². The van der Waals surface area contributed by atoms with Crippen LogP contribution in [-0.4, -0.2) is 43.2 Å². The minimum Gasteiger partial charge on any atom is -0.493 e. The highest BCUT2D eigenvalue weighted by Gasteiger charge is 2.24. The largest absolute Gasteiger partial charge is 0.493 e. The Labute approximate surface area is 145 Å². The number of rotatable bonds is 6. The van der Waals surface area contributed by atoms with Gasteiger partial charge in [-0.05, 0) is 12.1 Å². The fourth-order valence-electron chi connectivity index (χ4n) is 2.62. The number of nitrogens with zero attached hydrogens (tertiary/aromatic N) is 2. The third-order valence-electron chi connectivity index (χ3n) is 3.82. The lowest BCUT2D eigenvalue weighted by atomic mass is 10.2. The Morgan fingerprint density at radius 3 is 2.83 bits per heavy atom. The molecule has 3 rings (SSSR count). The Balaban J connectivity index is 1.59. The Kier molecular flexibility index (Phi) is 5.32. The molecule has 128 valence electrons. The van der Waals surface area contributed by atoms with Crippen LogP contribution in [-0.2, 0) is 29.1 Å². The van der Waals surface area contributed by atoms with Gasteiger partial charge in [0.15, 0.2) is 18.1 Å². The predicted molar refractivity (Wildman–Crippen MR) is 90.4 cm³/mol. The molecule has 0 aliphatic carbocycles. The molecule has 7 heteroatoms. The average molecular weight is 348 g/mol. The molecule has 1 amide bonds. The number of hydrogen-bond acceptors (Lipinski definition) is 6. The lowest BCUT2D eigenvalue weighted by molar-refractivity contribution is -0.134. The topological polar surface area (TPSA) is 60.9 Å². The summed E-state index contributed by atoms with van der Waals surface area (Å²) in [5.74, 6) is 1.16. The number of carbonyl (C=O) groups excluding carboxylic acids is 1. The smallest absolute Gasteiger partial charge is 0.260 e. The highest BCUT2D eigenvalue weighted by Crippen LogP contribution is 2.27. The van der Waals surface area contributed by atoms with Gasteiger partial charge in [-0.15, -0.1) is 11.3 Å². The van der Waals surface area contributed by atoms with Crippen LogP contribution < -0.4 is 9.47 Å². The van der Waals surface area contributed by atoms with Gasteiger partial charge in [0.05, 0.1) is 26.0 Å². The van der Waals surface area contributed by atoms with Crippen molar-refractivity contribution >= 4 is 17.2 Å². The lowest BCUT2D eigenvalue weighted by Gasteiger charge is -2.26. The molecule has 2 heterocycles. The summed E-state index contributed by atoms with van der Waals surface area (Å²) in [6.07, 6.45) is 0.774. The summed E-state index contributed by atoms with van der Waals surface area (Å²) < 4.78 is 16.0. The summed E-state index contributed by atoms with van der Waals surface area (Å²) in [5.41, 5.74) is 1.08. The van der Waals surface area contributed by atoms with Gasteiger partial charge in [0.2, 0.25) is 0 Å². The monoisotopic (exact) mass is 348 g/mol. The van der Waals surface area contributed by atoms with E-state index < -0.39 is 0 Å². The number of para-hydroxylation sites is 2. The first-order chi connectivity index (χ1) is 11.7. The molecule has 1 aliphatic rings. The number of hydrogen-bond donors (Lipinski definition) is 0. The van der Waals surface area contributed by atoms with Crippen molar-refractivity contribution in [3.05, 3.63) is 39.8 Å². The first-order valence-corrected chi connectivity index (χ1v) is 8.53. The van der Waals surface area contributed by atoms with Crippen LogP contribution in [0.4, 0.5) is 0 Å². The quantitative estimate of drug-likeness (QED) is 0.801. The van der Waals surface area contributed by atoms with Crippen molar-refractivity contribution in [3.8, 4) is 11.5 Å². The van der Waals surface area contributed by atoms with E-state index in [1.54, 1.807) is 31.6 Å². The van der Waals surface area contributed by atoms with Gasteiger partial charge in [-0.2, -0.15) is 0 Å². The van der Waals surface area contributed by atoms with Crippen molar-refractivity contribution < 1.29 is 19.0 Å². The zero-order chi connectivity index (χ0) is 16.9. The third kappa shape index (κ3) is 3.68. The van der Waals surface area contributed by atoms with Crippen LogP contribution in [0.1, 0.15) is 15.6 Å². The van der Waals surface area contributed by atoms with E-state index in [1.165, 1.54) is 0 Å². The number of amides is 1. The highest BCUT2D eigenvalue weighted by molar-refractivity contribution is 7.11. The van der Waals surface area contributed by atoms with Crippen LogP contribution in [0.3, 0.4) is 0 Å². The fourth-order valence-corrected chi connectivity index (χ4v) is 3.72. The summed E-state index contributed by atoms with van der Waals surface area (Å²) in [7, 11) is 3.24. The summed E-state index contributed by atoms with van der Waals surface area (Å²) in [6.45, 7) is 1.77. The molecular weight excluding hydrogens is 328 g/mol. The molecule has 2 aromatic rings. The zero-order valence-electron chi connectivity index (χ0n) is 13.8. The molecule has 24 heavy (non-hydrogen) atoms. The van der Waals surface area contributed by atoms with Gasteiger partial charge in [-0.1, -0.05) is 12.1 Å². The second-order valence-electron chi connectivity index (χ2n) is 5.42. The van der Waals surface area contributed by atoms with Crippen LogP contribution in [0.25, 0.3) is 0 Å². The number of benzene rings is 1. The number of fused-ring (bicyclic) bond motifs is 1. The molecule has 0 radical (unpaired) electrons.